The molecule has 1 aliphatic heterocycles. The number of sulfone groups is 1. The van der Waals surface area contributed by atoms with E-state index in [9.17, 15) is 21.9 Å². The van der Waals surface area contributed by atoms with Crippen LogP contribution in [-0.2, 0) is 25.5 Å². The van der Waals surface area contributed by atoms with Gasteiger partial charge in [-0.05, 0) is 61.0 Å². The van der Waals surface area contributed by atoms with Gasteiger partial charge in [-0.2, -0.15) is 0 Å². The van der Waals surface area contributed by atoms with Crippen LogP contribution in [0.15, 0.2) is 66.9 Å². The molecular weight excluding hydrogens is 599 g/mol. The van der Waals surface area contributed by atoms with Crippen molar-refractivity contribution < 1.29 is 21.9 Å². The second-order valence-electron chi connectivity index (χ2n) is 10.0. The van der Waals surface area contributed by atoms with Crippen LogP contribution in [0.25, 0.3) is 21.3 Å². The molecule has 7 nitrogen and oxygen atoms in total. The number of aliphatic hydroxyl groups is 1. The average Bonchev–Trinajstić information content (AvgIpc) is 3.46. The molecule has 2 N–H and O–H groups in total. The monoisotopic (exact) mass is 626 g/mol. The molecule has 5 rings (SSSR count). The third-order valence-corrected chi connectivity index (χ3v) is 12.1. The first-order valence-electron chi connectivity index (χ1n) is 12.0. The number of pyridine rings is 1. The zero-order chi connectivity index (χ0) is 27.3. The van der Waals surface area contributed by atoms with Gasteiger partial charge in [0.25, 0.3) is 0 Å². The molecule has 0 bridgehead atoms. The van der Waals surface area contributed by atoms with Crippen LogP contribution in [0.1, 0.15) is 42.3 Å². The van der Waals surface area contributed by atoms with Crippen molar-refractivity contribution in [2.75, 3.05) is 11.5 Å². The van der Waals surface area contributed by atoms with Crippen LogP contribution in [0, 0.1) is 0 Å². The van der Waals surface area contributed by atoms with Crippen molar-refractivity contribution in [3.05, 3.63) is 87.9 Å². The van der Waals surface area contributed by atoms with E-state index in [1.54, 1.807) is 50.4 Å². The molecule has 2 aromatic heterocycles. The molecule has 1 aliphatic rings. The molecule has 1 fully saturated rings. The van der Waals surface area contributed by atoms with Crippen LogP contribution in [0.3, 0.4) is 0 Å². The zero-order valence-electron chi connectivity index (χ0n) is 21.2. The van der Waals surface area contributed by atoms with Gasteiger partial charge in [-0.3, -0.25) is 4.98 Å². The molecule has 2 aromatic carbocycles. The fourth-order valence-electron chi connectivity index (χ4n) is 4.64. The molecule has 3 heterocycles. The predicted molar refractivity (Wildman–Crippen MR) is 160 cm³/mol. The van der Waals surface area contributed by atoms with E-state index in [0.717, 1.165) is 21.2 Å². The van der Waals surface area contributed by atoms with E-state index in [-0.39, 0.29) is 24.6 Å². The lowest BCUT2D eigenvalue weighted by Gasteiger charge is -2.21. The third kappa shape index (κ3) is 6.32. The first kappa shape index (κ1) is 29.9. The number of fused-ring (bicyclic) bond motifs is 1. The summed E-state index contributed by atoms with van der Waals surface area (Å²) in [4.78, 5) is 5.24. The van der Waals surface area contributed by atoms with Gasteiger partial charge in [-0.1, -0.05) is 48.0 Å². The van der Waals surface area contributed by atoms with Gasteiger partial charge >= 0.3 is 0 Å². The molecule has 39 heavy (non-hydrogen) atoms. The highest BCUT2D eigenvalue weighted by Gasteiger charge is 2.39. The quantitative estimate of drug-likeness (QED) is 0.281. The smallest absolute Gasteiger partial charge is 0.216 e. The second kappa shape index (κ2) is 11.1. The maximum Gasteiger partial charge on any atom is 0.216 e. The van der Waals surface area contributed by atoms with Gasteiger partial charge in [-0.15, -0.1) is 23.7 Å². The Morgan fingerprint density at radius 2 is 1.87 bits per heavy atom. The number of hydrogen-bond acceptors (Lipinski definition) is 7. The van der Waals surface area contributed by atoms with Gasteiger partial charge in [0.2, 0.25) is 10.0 Å². The molecule has 0 amide bonds. The van der Waals surface area contributed by atoms with Gasteiger partial charge in [-0.25, -0.2) is 21.6 Å². The number of sulfonamides is 1. The summed E-state index contributed by atoms with van der Waals surface area (Å²) in [5, 5.41) is 10.8. The maximum atomic E-state index is 13.4. The van der Waals surface area contributed by atoms with E-state index in [1.165, 1.54) is 11.3 Å². The van der Waals surface area contributed by atoms with E-state index >= 15 is 0 Å². The minimum Gasteiger partial charge on any atom is -0.386 e. The lowest BCUT2D eigenvalue weighted by molar-refractivity contribution is 0.0785. The standard InChI is InChI=1S/C27H27ClN2O5S3.ClH/c1-27(2,31)18-10-12-29-23(15-18)21-8-5-6-17-14-24(36-26(17)21)25(20-7-3-4-9-22(20)28)30-38(34,35)19-11-13-37(32,33)16-19;/h3-10,12,14-15,19,25,30-31H,11,13,16H2,1-2H3;1H/t19?,25-;/m1./s1. The maximum absolute atomic E-state index is 13.4. The highest BCUT2D eigenvalue weighted by molar-refractivity contribution is 7.95. The summed E-state index contributed by atoms with van der Waals surface area (Å²) in [5.74, 6) is -0.532. The summed E-state index contributed by atoms with van der Waals surface area (Å²) < 4.78 is 54.5. The van der Waals surface area contributed by atoms with Crippen molar-refractivity contribution in [2.45, 2.75) is 37.2 Å². The topological polar surface area (TPSA) is 113 Å². The first-order valence-corrected chi connectivity index (χ1v) is 16.6. The highest BCUT2D eigenvalue weighted by Crippen LogP contribution is 2.40. The van der Waals surface area contributed by atoms with Crippen molar-refractivity contribution in [1.82, 2.24) is 9.71 Å². The van der Waals surface area contributed by atoms with Crippen molar-refractivity contribution in [2.24, 2.45) is 0 Å². The highest BCUT2D eigenvalue weighted by atomic mass is 35.5. The molecule has 2 atom stereocenters. The van der Waals surface area contributed by atoms with E-state index in [0.29, 0.717) is 21.2 Å². The number of aromatic nitrogens is 1. The Bertz CT molecular complexity index is 1730. The first-order chi connectivity index (χ1) is 17.8. The molecular formula is C27H28Cl2N2O5S3. The zero-order valence-corrected chi connectivity index (χ0v) is 25.2. The Kier molecular flexibility index (Phi) is 8.50. The molecule has 1 saturated heterocycles. The number of rotatable bonds is 7. The number of thiophene rings is 1. The number of nitrogens with one attached hydrogen (secondary N) is 1. The van der Waals surface area contributed by atoms with Crippen LogP contribution in [0.4, 0.5) is 0 Å². The minimum absolute atomic E-state index is 0. The molecule has 1 unspecified atom stereocenters. The van der Waals surface area contributed by atoms with E-state index < -0.39 is 42.5 Å². The number of halogens is 2. The van der Waals surface area contributed by atoms with Gasteiger partial charge < -0.3 is 5.11 Å². The molecule has 0 aliphatic carbocycles. The summed E-state index contributed by atoms with van der Waals surface area (Å²) >= 11 is 7.95. The largest absolute Gasteiger partial charge is 0.386 e. The second-order valence-corrected chi connectivity index (χ2v) is 15.7. The van der Waals surface area contributed by atoms with E-state index in [1.807, 2.05) is 30.3 Å². The Morgan fingerprint density at radius 1 is 1.13 bits per heavy atom. The molecule has 208 valence electrons. The van der Waals surface area contributed by atoms with E-state index in [4.69, 9.17) is 11.6 Å². The lowest BCUT2D eigenvalue weighted by Crippen LogP contribution is -2.37. The van der Waals surface area contributed by atoms with Gasteiger partial charge in [0, 0.05) is 26.4 Å². The van der Waals surface area contributed by atoms with Crippen LogP contribution in [0.2, 0.25) is 5.02 Å². The molecule has 12 heteroatoms. The summed E-state index contributed by atoms with van der Waals surface area (Å²) in [6.07, 6.45) is 1.72. The summed E-state index contributed by atoms with van der Waals surface area (Å²) in [7, 11) is -7.38. The van der Waals surface area contributed by atoms with Gasteiger partial charge in [0.15, 0.2) is 9.84 Å². The van der Waals surface area contributed by atoms with Gasteiger partial charge in [0.05, 0.1) is 34.1 Å². The van der Waals surface area contributed by atoms with Crippen molar-refractivity contribution in [3.8, 4) is 11.3 Å². The Balaban J connectivity index is 0.00000353. The Morgan fingerprint density at radius 3 is 2.54 bits per heavy atom. The van der Waals surface area contributed by atoms with Crippen LogP contribution in [0.5, 0.6) is 0 Å². The summed E-state index contributed by atoms with van der Waals surface area (Å²) in [6, 6.07) is 17.5. The minimum atomic E-state index is -3.99. The van der Waals surface area contributed by atoms with E-state index in [2.05, 4.69) is 9.71 Å². The summed E-state index contributed by atoms with van der Waals surface area (Å²) in [6.45, 7) is 3.43. The third-order valence-electron chi connectivity index (χ3n) is 6.72. The summed E-state index contributed by atoms with van der Waals surface area (Å²) in [5.41, 5.74) is 1.81. The van der Waals surface area contributed by atoms with Gasteiger partial charge in [0.1, 0.15) is 0 Å². The molecule has 0 spiro atoms. The van der Waals surface area contributed by atoms with Crippen molar-refractivity contribution >= 4 is 65.3 Å². The Hall–Kier alpha value is -2.05. The number of hydrogen-bond donors (Lipinski definition) is 2. The molecule has 0 saturated carbocycles. The van der Waals surface area contributed by atoms with Crippen LogP contribution >= 0.6 is 35.3 Å². The average molecular weight is 628 g/mol. The number of benzene rings is 2. The van der Waals surface area contributed by atoms with Crippen molar-refractivity contribution in [1.29, 1.82) is 0 Å². The number of nitrogens with zero attached hydrogens (tertiary/aromatic N) is 1. The fraction of sp³-hybridized carbons (Fsp3) is 0.296. The fourth-order valence-corrected chi connectivity index (χ4v) is 10.4. The van der Waals surface area contributed by atoms with Crippen LogP contribution in [-0.4, -0.2) is 43.7 Å². The van der Waals surface area contributed by atoms with Crippen LogP contribution < -0.4 is 4.72 Å². The molecule has 0 radical (unpaired) electrons. The predicted octanol–water partition coefficient (Wildman–Crippen LogP) is 5.46. The van der Waals surface area contributed by atoms with Crippen molar-refractivity contribution in [3.63, 3.8) is 0 Å². The molecule has 4 aromatic rings. The lowest BCUT2D eigenvalue weighted by atomic mass is 9.97. The normalized spacial score (nSPS) is 18.1. The Labute approximate surface area is 243 Å². The SMILES string of the molecule is CC(C)(O)c1ccnc(-c2cccc3cc([C@H](NS(=O)(=O)C4CCS(=O)(=O)C4)c4ccccc4Cl)sc23)c1.Cl.